The Balaban J connectivity index is 2.05. The average Bonchev–Trinajstić information content (AvgIpc) is 2.74. The van der Waals surface area contributed by atoms with Crippen LogP contribution in [0.5, 0.6) is 0 Å². The van der Waals surface area contributed by atoms with Crippen LogP contribution >= 0.6 is 12.6 Å². The molecule has 0 saturated carbocycles. The molecule has 20 heavy (non-hydrogen) atoms. The summed E-state index contributed by atoms with van der Waals surface area (Å²) in [5, 5.41) is 5.82. The smallest absolute Gasteiger partial charge is 0.270 e. The number of amides is 1. The van der Waals surface area contributed by atoms with Gasteiger partial charge in [0.15, 0.2) is 4.75 Å². The second kappa shape index (κ2) is 4.80. The molecule has 100 valence electrons. The monoisotopic (exact) mass is 282 g/mol. The number of hydrogen-bond acceptors (Lipinski definition) is 3. The van der Waals surface area contributed by atoms with Crippen LogP contribution in [0.25, 0.3) is 0 Å². The maximum absolute atomic E-state index is 12.8. The summed E-state index contributed by atoms with van der Waals surface area (Å²) < 4.78 is -0.989. The van der Waals surface area contributed by atoms with Crippen molar-refractivity contribution in [1.29, 1.82) is 0 Å². The fraction of sp³-hybridized carbons (Fsp3) is 0.125. The molecule has 0 N–H and O–H groups in total. The van der Waals surface area contributed by atoms with Gasteiger partial charge in [-0.25, -0.2) is 0 Å². The summed E-state index contributed by atoms with van der Waals surface area (Å²) in [4.78, 5) is 12.8. The summed E-state index contributed by atoms with van der Waals surface area (Å²) >= 11 is 4.65. The topological polar surface area (TPSA) is 32.7 Å². The zero-order chi connectivity index (χ0) is 14.2. The Morgan fingerprint density at radius 3 is 2.15 bits per heavy atom. The van der Waals surface area contributed by atoms with Crippen LogP contribution in [0, 0.1) is 0 Å². The maximum Gasteiger partial charge on any atom is 0.273 e. The quantitative estimate of drug-likeness (QED) is 0.843. The van der Waals surface area contributed by atoms with Crippen LogP contribution in [0.3, 0.4) is 0 Å². The van der Waals surface area contributed by atoms with Gasteiger partial charge in [-0.15, -0.1) is 0 Å². The lowest BCUT2D eigenvalue weighted by atomic mass is 9.93. The molecule has 0 aromatic heterocycles. The molecule has 1 atom stereocenters. The van der Waals surface area contributed by atoms with Crippen molar-refractivity contribution in [2.45, 2.75) is 11.7 Å². The molecule has 0 aliphatic carbocycles. The van der Waals surface area contributed by atoms with Crippen molar-refractivity contribution in [2.24, 2.45) is 5.10 Å². The Bertz CT molecular complexity index is 669. The third-order valence-corrected chi connectivity index (χ3v) is 4.24. The largest absolute Gasteiger partial charge is 0.273 e. The third kappa shape index (κ3) is 1.84. The molecular weight excluding hydrogens is 268 g/mol. The summed E-state index contributed by atoms with van der Waals surface area (Å²) in [5.41, 5.74) is 2.28. The Kier molecular flexibility index (Phi) is 3.10. The van der Waals surface area contributed by atoms with Crippen LogP contribution in [-0.4, -0.2) is 11.6 Å². The highest BCUT2D eigenvalue weighted by atomic mass is 32.1. The molecule has 1 aliphatic rings. The molecule has 1 heterocycles. The van der Waals surface area contributed by atoms with Crippen LogP contribution in [0.15, 0.2) is 65.8 Å². The van der Waals surface area contributed by atoms with E-state index in [0.29, 0.717) is 5.71 Å². The first kappa shape index (κ1) is 12.9. The summed E-state index contributed by atoms with van der Waals surface area (Å²) in [7, 11) is 0. The number of carbonyl (C=O) groups excluding carboxylic acids is 1. The van der Waals surface area contributed by atoms with E-state index in [1.54, 1.807) is 0 Å². The standard InChI is InChI=1S/C16H14N2OS/c1-12-16(20,13-8-4-2-5-9-13)15(19)18(17-12)14-10-6-3-7-11-14/h2-11,20H,1H3. The number of para-hydroxylation sites is 1. The van der Waals surface area contributed by atoms with Gasteiger partial charge in [0, 0.05) is 0 Å². The summed E-state index contributed by atoms with van der Waals surface area (Å²) in [6, 6.07) is 18.9. The molecular formula is C16H14N2OS. The number of nitrogens with zero attached hydrogens (tertiary/aromatic N) is 2. The maximum atomic E-state index is 12.8. The van der Waals surface area contributed by atoms with Gasteiger partial charge in [0.25, 0.3) is 5.91 Å². The number of hydrogen-bond donors (Lipinski definition) is 1. The molecule has 1 unspecified atom stereocenters. The van der Waals surface area contributed by atoms with Gasteiger partial charge in [0.2, 0.25) is 0 Å². The van der Waals surface area contributed by atoms with Crippen molar-refractivity contribution >= 4 is 29.9 Å². The minimum atomic E-state index is -0.989. The molecule has 0 spiro atoms. The van der Waals surface area contributed by atoms with E-state index >= 15 is 0 Å². The highest BCUT2D eigenvalue weighted by molar-refractivity contribution is 7.83. The Morgan fingerprint density at radius 2 is 1.55 bits per heavy atom. The normalized spacial score (nSPS) is 22.0. The fourth-order valence-electron chi connectivity index (χ4n) is 2.33. The average molecular weight is 282 g/mol. The first-order chi connectivity index (χ1) is 9.64. The minimum absolute atomic E-state index is 0.143. The molecule has 0 fully saturated rings. The number of carbonyl (C=O) groups is 1. The summed E-state index contributed by atoms with van der Waals surface area (Å²) in [6.07, 6.45) is 0. The lowest BCUT2D eigenvalue weighted by Crippen LogP contribution is -2.38. The predicted molar refractivity (Wildman–Crippen MR) is 84.1 cm³/mol. The molecule has 4 heteroatoms. The Labute approximate surface area is 123 Å². The summed E-state index contributed by atoms with van der Waals surface area (Å²) in [5.74, 6) is -0.143. The van der Waals surface area contributed by atoms with E-state index in [0.717, 1.165) is 11.3 Å². The fourth-order valence-corrected chi connectivity index (χ4v) is 2.62. The lowest BCUT2D eigenvalue weighted by molar-refractivity contribution is -0.118. The van der Waals surface area contributed by atoms with Crippen molar-refractivity contribution in [1.82, 2.24) is 0 Å². The highest BCUT2D eigenvalue weighted by Gasteiger charge is 2.48. The summed E-state index contributed by atoms with van der Waals surface area (Å²) in [6.45, 7) is 1.83. The SMILES string of the molecule is CC1=NN(c2ccccc2)C(=O)C1(S)c1ccccc1. The Hall–Kier alpha value is -2.07. The second-order valence-corrected chi connectivity index (χ2v) is 5.39. The number of benzene rings is 2. The number of hydrazone groups is 1. The molecule has 1 aliphatic heterocycles. The van der Waals surface area contributed by atoms with Crippen LogP contribution in [-0.2, 0) is 9.54 Å². The van der Waals surface area contributed by atoms with Gasteiger partial charge in [0.05, 0.1) is 11.4 Å². The van der Waals surface area contributed by atoms with E-state index < -0.39 is 4.75 Å². The van der Waals surface area contributed by atoms with E-state index in [9.17, 15) is 4.79 Å². The molecule has 0 bridgehead atoms. The van der Waals surface area contributed by atoms with Gasteiger partial charge in [-0.2, -0.15) is 22.7 Å². The van der Waals surface area contributed by atoms with E-state index in [1.165, 1.54) is 5.01 Å². The predicted octanol–water partition coefficient (Wildman–Crippen LogP) is 3.23. The van der Waals surface area contributed by atoms with Gasteiger partial charge < -0.3 is 0 Å². The number of rotatable bonds is 2. The van der Waals surface area contributed by atoms with Crippen LogP contribution in [0.4, 0.5) is 5.69 Å². The first-order valence-corrected chi connectivity index (χ1v) is 6.82. The van der Waals surface area contributed by atoms with Crippen LogP contribution < -0.4 is 5.01 Å². The van der Waals surface area contributed by atoms with Crippen molar-refractivity contribution in [3.05, 3.63) is 66.2 Å². The Morgan fingerprint density at radius 1 is 1.00 bits per heavy atom. The van der Waals surface area contributed by atoms with Crippen molar-refractivity contribution in [2.75, 3.05) is 5.01 Å². The van der Waals surface area contributed by atoms with Gasteiger partial charge in [-0.1, -0.05) is 48.5 Å². The van der Waals surface area contributed by atoms with E-state index in [2.05, 4.69) is 17.7 Å². The van der Waals surface area contributed by atoms with Gasteiger partial charge in [0.1, 0.15) is 0 Å². The van der Waals surface area contributed by atoms with Gasteiger partial charge >= 0.3 is 0 Å². The third-order valence-electron chi connectivity index (χ3n) is 3.47. The van der Waals surface area contributed by atoms with Crippen LogP contribution in [0.1, 0.15) is 12.5 Å². The lowest BCUT2D eigenvalue weighted by Gasteiger charge is -2.23. The minimum Gasteiger partial charge on any atom is -0.270 e. The number of anilines is 1. The molecule has 0 saturated heterocycles. The molecule has 2 aromatic carbocycles. The van der Waals surface area contributed by atoms with Crippen molar-refractivity contribution in [3.8, 4) is 0 Å². The van der Waals surface area contributed by atoms with Crippen LogP contribution in [0.2, 0.25) is 0 Å². The molecule has 3 nitrogen and oxygen atoms in total. The highest BCUT2D eigenvalue weighted by Crippen LogP contribution is 2.38. The molecule has 2 aromatic rings. The zero-order valence-electron chi connectivity index (χ0n) is 11.0. The van der Waals surface area contributed by atoms with Gasteiger partial charge in [-0.3, -0.25) is 4.79 Å². The van der Waals surface area contributed by atoms with Crippen molar-refractivity contribution in [3.63, 3.8) is 0 Å². The molecule has 1 amide bonds. The molecule has 3 rings (SSSR count). The van der Waals surface area contributed by atoms with Gasteiger partial charge in [-0.05, 0) is 24.6 Å². The zero-order valence-corrected chi connectivity index (χ0v) is 11.9. The van der Waals surface area contributed by atoms with Crippen molar-refractivity contribution < 1.29 is 4.79 Å². The van der Waals surface area contributed by atoms with E-state index in [1.807, 2.05) is 67.6 Å². The molecule has 0 radical (unpaired) electrons. The second-order valence-electron chi connectivity index (χ2n) is 4.71. The van der Waals surface area contributed by atoms with E-state index in [-0.39, 0.29) is 5.91 Å². The number of thiol groups is 1. The first-order valence-electron chi connectivity index (χ1n) is 6.37. The van der Waals surface area contributed by atoms with E-state index in [4.69, 9.17) is 0 Å².